The van der Waals surface area contributed by atoms with Crippen molar-refractivity contribution in [3.8, 4) is 40.0 Å². The Morgan fingerprint density at radius 2 is 1.82 bits per heavy atom. The molecule has 0 spiro atoms. The zero-order valence-corrected chi connectivity index (χ0v) is 18.6. The van der Waals surface area contributed by atoms with Gasteiger partial charge in [-0.25, -0.2) is 0 Å². The fraction of sp³-hybridized carbons (Fsp3) is 0.222. The molecule has 2 aliphatic rings. The van der Waals surface area contributed by atoms with Crippen LogP contribution in [0.1, 0.15) is 11.1 Å². The van der Waals surface area contributed by atoms with Gasteiger partial charge in [0.2, 0.25) is 12.5 Å². The highest BCUT2D eigenvalue weighted by Gasteiger charge is 2.28. The Balaban J connectivity index is 1.42. The molecule has 1 aromatic heterocycles. The topological polar surface area (TPSA) is 50.0 Å². The first kappa shape index (κ1) is 19.7. The van der Waals surface area contributed by atoms with Crippen molar-refractivity contribution in [1.82, 2.24) is 0 Å². The van der Waals surface area contributed by atoms with Gasteiger partial charge in [0.25, 0.3) is 0 Å². The van der Waals surface area contributed by atoms with Crippen LogP contribution in [0.4, 0.5) is 0 Å². The van der Waals surface area contributed by atoms with Crippen LogP contribution in [-0.2, 0) is 19.6 Å². The molecule has 0 aliphatic carbocycles. The molecule has 2 aliphatic heterocycles. The van der Waals surface area contributed by atoms with Gasteiger partial charge in [0, 0.05) is 12.5 Å². The summed E-state index contributed by atoms with van der Waals surface area (Å²) < 4.78 is 30.8. The van der Waals surface area contributed by atoms with Crippen molar-refractivity contribution >= 4 is 10.8 Å². The summed E-state index contributed by atoms with van der Waals surface area (Å²) >= 11 is 0. The third kappa shape index (κ3) is 3.39. The summed E-state index contributed by atoms with van der Waals surface area (Å²) in [6.07, 6.45) is 3.10. The molecule has 3 aromatic carbocycles. The quantitative estimate of drug-likeness (QED) is 0.420. The number of rotatable bonds is 5. The van der Waals surface area contributed by atoms with Gasteiger partial charge in [0.05, 0.1) is 25.2 Å². The summed E-state index contributed by atoms with van der Waals surface area (Å²) in [7, 11) is 3.34. The molecule has 0 bridgehead atoms. The fourth-order valence-electron chi connectivity index (χ4n) is 4.62. The first-order valence-corrected chi connectivity index (χ1v) is 11.0. The van der Waals surface area contributed by atoms with E-state index < -0.39 is 0 Å². The number of fused-ring (bicyclic) bond motifs is 5. The highest BCUT2D eigenvalue weighted by Crippen LogP contribution is 2.41. The lowest BCUT2D eigenvalue weighted by Gasteiger charge is -2.18. The van der Waals surface area contributed by atoms with Gasteiger partial charge >= 0.3 is 0 Å². The van der Waals surface area contributed by atoms with Crippen LogP contribution in [0.25, 0.3) is 22.0 Å². The number of benzene rings is 3. The first-order valence-electron chi connectivity index (χ1n) is 11.0. The summed E-state index contributed by atoms with van der Waals surface area (Å²) in [5, 5.41) is 2.11. The molecule has 6 heteroatoms. The van der Waals surface area contributed by atoms with Crippen LogP contribution in [0.2, 0.25) is 0 Å². The summed E-state index contributed by atoms with van der Waals surface area (Å²) in [6, 6.07) is 18.4. The molecule has 33 heavy (non-hydrogen) atoms. The normalized spacial score (nSPS) is 13.4. The van der Waals surface area contributed by atoms with E-state index in [1.165, 1.54) is 11.1 Å². The van der Waals surface area contributed by atoms with Crippen LogP contribution >= 0.6 is 0 Å². The molecule has 0 amide bonds. The maximum atomic E-state index is 6.32. The zero-order valence-electron chi connectivity index (χ0n) is 18.6. The second-order valence-electron chi connectivity index (χ2n) is 8.20. The largest absolute Gasteiger partial charge is 0.497 e. The van der Waals surface area contributed by atoms with Crippen molar-refractivity contribution in [2.45, 2.75) is 19.6 Å². The van der Waals surface area contributed by atoms with Gasteiger partial charge in [-0.15, -0.1) is 0 Å². The zero-order chi connectivity index (χ0) is 22.4. The molecule has 0 atom stereocenters. The highest BCUT2D eigenvalue weighted by molar-refractivity contribution is 5.91. The molecule has 0 radical (unpaired) electrons. The number of hydrogen-bond donors (Lipinski definition) is 0. The number of hydrogen-bond acceptors (Lipinski definition) is 5. The van der Waals surface area contributed by atoms with E-state index in [-0.39, 0.29) is 6.79 Å². The van der Waals surface area contributed by atoms with E-state index in [0.29, 0.717) is 12.4 Å². The minimum atomic E-state index is 0.281. The summed E-state index contributed by atoms with van der Waals surface area (Å²) in [6.45, 7) is 1.58. The third-order valence-corrected chi connectivity index (χ3v) is 6.31. The predicted octanol–water partition coefficient (Wildman–Crippen LogP) is 4.68. The van der Waals surface area contributed by atoms with Crippen molar-refractivity contribution in [3.63, 3.8) is 0 Å². The highest BCUT2D eigenvalue weighted by atomic mass is 16.7. The van der Waals surface area contributed by atoms with Gasteiger partial charge in [-0.1, -0.05) is 12.1 Å². The van der Waals surface area contributed by atoms with Crippen molar-refractivity contribution in [2.24, 2.45) is 0 Å². The van der Waals surface area contributed by atoms with Crippen molar-refractivity contribution in [1.29, 1.82) is 0 Å². The lowest BCUT2D eigenvalue weighted by Crippen LogP contribution is -2.40. The summed E-state index contributed by atoms with van der Waals surface area (Å²) in [4.78, 5) is 0. The van der Waals surface area contributed by atoms with Crippen molar-refractivity contribution < 1.29 is 28.3 Å². The Hall–Kier alpha value is -3.93. The number of nitrogens with zero attached hydrogens (tertiary/aromatic N) is 1. The van der Waals surface area contributed by atoms with E-state index in [2.05, 4.69) is 35.0 Å². The Kier molecular flexibility index (Phi) is 4.72. The number of pyridine rings is 1. The number of ether oxygens (including phenoxy) is 5. The Morgan fingerprint density at radius 1 is 0.939 bits per heavy atom. The lowest BCUT2D eigenvalue weighted by atomic mass is 9.95. The van der Waals surface area contributed by atoms with E-state index in [1.807, 2.05) is 30.3 Å². The molecule has 0 fully saturated rings. The monoisotopic (exact) mass is 442 g/mol. The van der Waals surface area contributed by atoms with E-state index in [0.717, 1.165) is 58.0 Å². The number of aromatic nitrogens is 1. The Morgan fingerprint density at radius 3 is 2.67 bits per heavy atom. The van der Waals surface area contributed by atoms with E-state index in [4.69, 9.17) is 23.7 Å². The van der Waals surface area contributed by atoms with Crippen LogP contribution < -0.4 is 28.3 Å². The molecule has 4 aromatic rings. The third-order valence-electron chi connectivity index (χ3n) is 6.31. The predicted molar refractivity (Wildman–Crippen MR) is 123 cm³/mol. The van der Waals surface area contributed by atoms with E-state index >= 15 is 0 Å². The maximum absolute atomic E-state index is 6.32. The molecular formula is C27H24NO5+. The van der Waals surface area contributed by atoms with E-state index in [9.17, 15) is 0 Å². The number of methoxy groups -OCH3 is 2. The molecule has 0 saturated carbocycles. The van der Waals surface area contributed by atoms with Gasteiger partial charge in [0.15, 0.2) is 35.7 Å². The van der Waals surface area contributed by atoms with Crippen LogP contribution in [0, 0.1) is 0 Å². The van der Waals surface area contributed by atoms with Crippen LogP contribution in [0.5, 0.6) is 28.7 Å². The molecular weight excluding hydrogens is 418 g/mol. The van der Waals surface area contributed by atoms with Gasteiger partial charge < -0.3 is 23.7 Å². The molecule has 3 heterocycles. The lowest BCUT2D eigenvalue weighted by molar-refractivity contribution is -0.686. The average Bonchev–Trinajstić information content (AvgIpc) is 3.32. The van der Waals surface area contributed by atoms with E-state index in [1.54, 1.807) is 14.2 Å². The molecule has 6 nitrogen and oxygen atoms in total. The summed E-state index contributed by atoms with van der Waals surface area (Å²) in [5.41, 5.74) is 4.65. The molecule has 6 rings (SSSR count). The minimum absolute atomic E-state index is 0.281. The van der Waals surface area contributed by atoms with Crippen LogP contribution in [-0.4, -0.2) is 21.0 Å². The molecule has 166 valence electrons. The second kappa shape index (κ2) is 7.89. The first-order chi connectivity index (χ1) is 16.2. The molecule has 0 saturated heterocycles. The average molecular weight is 442 g/mol. The number of aryl methyl sites for hydroxylation is 2. The van der Waals surface area contributed by atoms with Gasteiger partial charge in [0.1, 0.15) is 12.4 Å². The van der Waals surface area contributed by atoms with Crippen molar-refractivity contribution in [3.05, 3.63) is 71.9 Å². The smallest absolute Gasteiger partial charge is 0.231 e. The van der Waals surface area contributed by atoms with Crippen LogP contribution in [0.15, 0.2) is 60.8 Å². The van der Waals surface area contributed by atoms with Gasteiger partial charge in [-0.05, 0) is 52.9 Å². The van der Waals surface area contributed by atoms with Gasteiger partial charge in [-0.3, -0.25) is 0 Å². The fourth-order valence-corrected chi connectivity index (χ4v) is 4.62. The second-order valence-corrected chi connectivity index (χ2v) is 8.20. The Bertz CT molecular complexity index is 1380. The standard InChI is InChI=1S/C27H24NO5/c1-29-20-5-3-4-17(10-20)15-31-27-22-14-28-9-8-19-12-25-26(33-16-32-25)13-21(19)23(28)11-18(22)6-7-24(27)30-2/h3-7,10-14H,8-9,15-16H2,1-2H3/q+1. The van der Waals surface area contributed by atoms with Crippen LogP contribution in [0.3, 0.4) is 0 Å². The maximum Gasteiger partial charge on any atom is 0.231 e. The minimum Gasteiger partial charge on any atom is -0.497 e. The summed E-state index contributed by atoms with van der Waals surface area (Å²) in [5.74, 6) is 3.90. The SMILES string of the molecule is COc1cccc(COc2c(OC)ccc3cc4[n+](cc23)CCc2cc3c(cc2-4)OCO3)c1. The Labute approximate surface area is 191 Å². The van der Waals surface area contributed by atoms with Crippen molar-refractivity contribution in [2.75, 3.05) is 21.0 Å². The molecule has 0 N–H and O–H groups in total. The molecule has 0 unspecified atom stereocenters. The van der Waals surface area contributed by atoms with Gasteiger partial charge in [-0.2, -0.15) is 4.57 Å².